The molecule has 4 rings (SSSR count). The molecular formula is C21H22O12. The summed E-state index contributed by atoms with van der Waals surface area (Å²) in [4.78, 5) is 12.9. The number of ether oxygens (including phenoxy) is 2. The number of phenols is 4. The third kappa shape index (κ3) is 3.62. The lowest BCUT2D eigenvalue weighted by molar-refractivity contribution is -0.232. The third-order valence-corrected chi connectivity index (χ3v) is 5.84. The molecule has 178 valence electrons. The maximum Gasteiger partial charge on any atom is 0.202 e. The molecule has 1 fully saturated rings. The van der Waals surface area contributed by atoms with Gasteiger partial charge in [-0.1, -0.05) is 6.07 Å². The molecule has 2 aromatic carbocycles. The third-order valence-electron chi connectivity index (χ3n) is 5.84. The van der Waals surface area contributed by atoms with Gasteiger partial charge in [-0.15, -0.1) is 0 Å². The predicted molar refractivity (Wildman–Crippen MR) is 106 cm³/mol. The normalized spacial score (nSPS) is 31.7. The van der Waals surface area contributed by atoms with Crippen LogP contribution in [0.15, 0.2) is 24.3 Å². The first kappa shape index (κ1) is 23.0. The van der Waals surface area contributed by atoms with Crippen LogP contribution in [0.2, 0.25) is 0 Å². The van der Waals surface area contributed by atoms with Crippen molar-refractivity contribution in [2.75, 3.05) is 6.61 Å². The number of aliphatic hydroxyl groups is 5. The van der Waals surface area contributed by atoms with Gasteiger partial charge in [-0.05, 0) is 17.7 Å². The molecule has 0 aliphatic carbocycles. The molecule has 0 amide bonds. The highest BCUT2D eigenvalue weighted by molar-refractivity contribution is 6.06. The number of ketones is 1. The van der Waals surface area contributed by atoms with Crippen LogP contribution in [0, 0.1) is 0 Å². The van der Waals surface area contributed by atoms with E-state index >= 15 is 0 Å². The van der Waals surface area contributed by atoms with Gasteiger partial charge in [-0.2, -0.15) is 0 Å². The molecule has 4 unspecified atom stereocenters. The first-order valence-corrected chi connectivity index (χ1v) is 9.87. The maximum absolute atomic E-state index is 12.9. The molecule has 0 aromatic heterocycles. The first-order valence-electron chi connectivity index (χ1n) is 9.87. The molecule has 1 saturated heterocycles. The monoisotopic (exact) mass is 466 g/mol. The topological polar surface area (TPSA) is 218 Å². The number of Topliss-reactive ketones (excluding diaryl/α,β-unsaturated/α-hetero) is 1. The molecule has 2 heterocycles. The molecule has 9 N–H and O–H groups in total. The number of hydrogen-bond acceptors (Lipinski definition) is 12. The van der Waals surface area contributed by atoms with Crippen molar-refractivity contribution >= 4 is 5.78 Å². The standard InChI is InChI=1S/C21H22O12/c22-5-11-14(26)17(29)19(31)21(33-11)12-9(25)4-10-13(15(12)27)16(28)18(30)20(32-10)6-1-2-7(23)8(24)3-6/h1-4,11,14,17-27,29-31H,5H2/t11?,14-,17+,18?,19?,20?,21+/m1/s1. The van der Waals surface area contributed by atoms with Gasteiger partial charge in [0.15, 0.2) is 23.7 Å². The highest BCUT2D eigenvalue weighted by Crippen LogP contribution is 2.49. The number of aliphatic hydroxyl groups excluding tert-OH is 5. The number of carbonyl (C=O) groups is 1. The molecule has 12 heteroatoms. The smallest absolute Gasteiger partial charge is 0.202 e. The fraction of sp³-hybridized carbons (Fsp3) is 0.381. The molecule has 2 aliphatic rings. The number of benzene rings is 2. The number of carbonyl (C=O) groups excluding carboxylic acids is 1. The summed E-state index contributed by atoms with van der Waals surface area (Å²) >= 11 is 0. The Balaban J connectivity index is 1.77. The summed E-state index contributed by atoms with van der Waals surface area (Å²) in [6, 6.07) is 4.42. The number of aromatic hydroxyl groups is 4. The minimum atomic E-state index is -1.86. The Kier molecular flexibility index (Phi) is 5.82. The van der Waals surface area contributed by atoms with E-state index in [1.807, 2.05) is 0 Å². The van der Waals surface area contributed by atoms with Gasteiger partial charge < -0.3 is 55.4 Å². The second-order valence-electron chi connectivity index (χ2n) is 7.88. The predicted octanol–water partition coefficient (Wildman–Crippen LogP) is -1.30. The minimum Gasteiger partial charge on any atom is -0.507 e. The lowest BCUT2D eigenvalue weighted by Gasteiger charge is -2.41. The van der Waals surface area contributed by atoms with Gasteiger partial charge in [0.25, 0.3) is 0 Å². The molecular weight excluding hydrogens is 444 g/mol. The summed E-state index contributed by atoms with van der Waals surface area (Å²) < 4.78 is 10.9. The van der Waals surface area contributed by atoms with Gasteiger partial charge in [0, 0.05) is 6.07 Å². The van der Waals surface area contributed by atoms with Crippen molar-refractivity contribution in [3.63, 3.8) is 0 Å². The Morgan fingerprint density at radius 2 is 1.52 bits per heavy atom. The van der Waals surface area contributed by atoms with E-state index in [4.69, 9.17) is 9.47 Å². The van der Waals surface area contributed by atoms with Crippen LogP contribution in [0.25, 0.3) is 0 Å². The van der Waals surface area contributed by atoms with E-state index < -0.39 is 89.2 Å². The van der Waals surface area contributed by atoms with Gasteiger partial charge in [-0.3, -0.25) is 4.79 Å². The van der Waals surface area contributed by atoms with Crippen LogP contribution in [-0.2, 0) is 4.74 Å². The zero-order chi connectivity index (χ0) is 24.2. The molecule has 0 radical (unpaired) electrons. The Morgan fingerprint density at radius 1 is 0.818 bits per heavy atom. The largest absolute Gasteiger partial charge is 0.507 e. The SMILES string of the molecule is O=C1c2c(cc(O)c([C@@H]3OC(CO)[C@@H](O)[C@H](O)C3O)c2O)OC(c2ccc(O)c(O)c2)C1O. The van der Waals surface area contributed by atoms with Crippen molar-refractivity contribution in [2.24, 2.45) is 0 Å². The average Bonchev–Trinajstić information content (AvgIpc) is 2.77. The number of rotatable bonds is 3. The van der Waals surface area contributed by atoms with E-state index in [1.165, 1.54) is 6.07 Å². The summed E-state index contributed by atoms with van der Waals surface area (Å²) in [5.41, 5.74) is -0.934. The maximum atomic E-state index is 12.9. The van der Waals surface area contributed by atoms with Crippen LogP contribution < -0.4 is 4.74 Å². The Labute approximate surface area is 185 Å². The molecule has 33 heavy (non-hydrogen) atoms. The van der Waals surface area contributed by atoms with Crippen LogP contribution in [0.4, 0.5) is 0 Å². The lowest BCUT2D eigenvalue weighted by Crippen LogP contribution is -2.55. The fourth-order valence-corrected chi connectivity index (χ4v) is 4.05. The van der Waals surface area contributed by atoms with Crippen molar-refractivity contribution in [1.29, 1.82) is 0 Å². The van der Waals surface area contributed by atoms with Crippen LogP contribution >= 0.6 is 0 Å². The zero-order valence-corrected chi connectivity index (χ0v) is 16.8. The Bertz CT molecular complexity index is 1080. The molecule has 2 aromatic rings. The van der Waals surface area contributed by atoms with Gasteiger partial charge in [0.2, 0.25) is 5.78 Å². The molecule has 7 atom stereocenters. The highest BCUT2D eigenvalue weighted by atomic mass is 16.5. The molecule has 0 bridgehead atoms. The Hall–Kier alpha value is -3.13. The van der Waals surface area contributed by atoms with E-state index in [0.29, 0.717) is 0 Å². The van der Waals surface area contributed by atoms with E-state index in [-0.39, 0.29) is 11.3 Å². The Morgan fingerprint density at radius 3 is 2.15 bits per heavy atom. The first-order chi connectivity index (χ1) is 15.6. The summed E-state index contributed by atoms with van der Waals surface area (Å²) in [5, 5.41) is 90.7. The molecule has 0 saturated carbocycles. The van der Waals surface area contributed by atoms with E-state index in [1.54, 1.807) is 0 Å². The van der Waals surface area contributed by atoms with Crippen LogP contribution in [0.3, 0.4) is 0 Å². The molecule has 0 spiro atoms. The van der Waals surface area contributed by atoms with Crippen molar-refractivity contribution in [1.82, 2.24) is 0 Å². The van der Waals surface area contributed by atoms with E-state index in [9.17, 15) is 50.8 Å². The van der Waals surface area contributed by atoms with Crippen LogP contribution in [0.5, 0.6) is 28.7 Å². The van der Waals surface area contributed by atoms with Gasteiger partial charge in [0.1, 0.15) is 53.3 Å². The van der Waals surface area contributed by atoms with Crippen LogP contribution in [0.1, 0.15) is 33.7 Å². The quantitative estimate of drug-likeness (QED) is 0.241. The van der Waals surface area contributed by atoms with Gasteiger partial charge >= 0.3 is 0 Å². The number of phenolic OH excluding ortho intramolecular Hbond substituents is 4. The highest BCUT2D eigenvalue weighted by Gasteiger charge is 2.48. The average molecular weight is 466 g/mol. The van der Waals surface area contributed by atoms with Crippen molar-refractivity contribution < 1.29 is 60.2 Å². The van der Waals surface area contributed by atoms with Gasteiger partial charge in [-0.25, -0.2) is 0 Å². The molecule has 12 nitrogen and oxygen atoms in total. The molecule has 2 aliphatic heterocycles. The minimum absolute atomic E-state index is 0.119. The van der Waals surface area contributed by atoms with E-state index in [0.717, 1.165) is 18.2 Å². The summed E-state index contributed by atoms with van der Waals surface area (Å²) in [7, 11) is 0. The van der Waals surface area contributed by atoms with E-state index in [2.05, 4.69) is 0 Å². The zero-order valence-electron chi connectivity index (χ0n) is 16.8. The van der Waals surface area contributed by atoms with Crippen LogP contribution in [-0.4, -0.2) is 88.9 Å². The summed E-state index contributed by atoms with van der Waals surface area (Å²) in [6.45, 7) is -0.754. The van der Waals surface area contributed by atoms with Crippen molar-refractivity contribution in [3.05, 3.63) is 41.0 Å². The second kappa shape index (κ2) is 8.33. The number of fused-ring (bicyclic) bond motifs is 1. The van der Waals surface area contributed by atoms with Gasteiger partial charge in [0.05, 0.1) is 12.2 Å². The van der Waals surface area contributed by atoms with Crippen molar-refractivity contribution in [3.8, 4) is 28.7 Å². The lowest BCUT2D eigenvalue weighted by atomic mass is 9.86. The number of hydrogen-bond donors (Lipinski definition) is 9. The summed E-state index contributed by atoms with van der Waals surface area (Å²) in [6.07, 6.45) is -11.5. The van der Waals surface area contributed by atoms with Crippen molar-refractivity contribution in [2.45, 2.75) is 42.7 Å². The fourth-order valence-electron chi connectivity index (χ4n) is 4.05. The summed E-state index contributed by atoms with van der Waals surface area (Å²) in [5.74, 6) is -3.90. The second-order valence-corrected chi connectivity index (χ2v) is 7.88.